The van der Waals surface area contributed by atoms with E-state index in [0.717, 1.165) is 32.3 Å². The van der Waals surface area contributed by atoms with Crippen molar-refractivity contribution in [1.29, 1.82) is 0 Å². The van der Waals surface area contributed by atoms with E-state index < -0.39 is 0 Å². The average molecular weight is 288 g/mol. The number of furan rings is 1. The first-order valence-electron chi connectivity index (χ1n) is 5.27. The smallest absolute Gasteiger partial charge is 0.134 e. The third kappa shape index (κ3) is 1.72. The Hall–Kier alpha value is -1.74. The third-order valence-electron chi connectivity index (χ3n) is 2.79. The lowest BCUT2D eigenvalue weighted by Gasteiger charge is -2.04. The molecule has 0 fully saturated rings. The molecule has 0 aliphatic carbocycles. The van der Waals surface area contributed by atoms with Crippen LogP contribution in [0.4, 0.5) is 5.69 Å². The summed E-state index contributed by atoms with van der Waals surface area (Å²) in [4.78, 5) is 0. The van der Waals surface area contributed by atoms with Crippen LogP contribution in [0.1, 0.15) is 0 Å². The first kappa shape index (κ1) is 10.4. The van der Waals surface area contributed by atoms with E-state index in [-0.39, 0.29) is 0 Å². The lowest BCUT2D eigenvalue weighted by atomic mass is 10.0. The van der Waals surface area contributed by atoms with Gasteiger partial charge in [-0.15, -0.1) is 0 Å². The molecule has 0 bridgehead atoms. The minimum Gasteiger partial charge on any atom is -0.464 e. The highest BCUT2D eigenvalue weighted by Gasteiger charge is 2.10. The van der Waals surface area contributed by atoms with Gasteiger partial charge in [-0.1, -0.05) is 34.1 Å². The molecule has 2 nitrogen and oxygen atoms in total. The van der Waals surface area contributed by atoms with Crippen LogP contribution in [0.2, 0.25) is 0 Å². The van der Waals surface area contributed by atoms with E-state index in [4.69, 9.17) is 10.2 Å². The Balaban J connectivity index is 2.31. The van der Waals surface area contributed by atoms with Gasteiger partial charge >= 0.3 is 0 Å². The number of nitrogens with two attached hydrogens (primary N) is 1. The summed E-state index contributed by atoms with van der Waals surface area (Å²) in [6, 6.07) is 13.8. The van der Waals surface area contributed by atoms with Crippen molar-refractivity contribution in [1.82, 2.24) is 0 Å². The van der Waals surface area contributed by atoms with Crippen molar-refractivity contribution in [3.05, 3.63) is 53.2 Å². The van der Waals surface area contributed by atoms with E-state index in [1.807, 2.05) is 42.5 Å². The van der Waals surface area contributed by atoms with Crippen molar-refractivity contribution >= 4 is 32.6 Å². The van der Waals surface area contributed by atoms with Crippen LogP contribution in [0.15, 0.2) is 57.6 Å². The van der Waals surface area contributed by atoms with Crippen molar-refractivity contribution in [2.75, 3.05) is 5.73 Å². The zero-order valence-electron chi connectivity index (χ0n) is 8.98. The molecule has 3 heteroatoms. The van der Waals surface area contributed by atoms with Gasteiger partial charge in [0.1, 0.15) is 5.58 Å². The quantitative estimate of drug-likeness (QED) is 0.672. The summed E-state index contributed by atoms with van der Waals surface area (Å²) in [5.74, 6) is 0. The zero-order chi connectivity index (χ0) is 11.8. The summed E-state index contributed by atoms with van der Waals surface area (Å²) in [6.45, 7) is 0. The van der Waals surface area contributed by atoms with Crippen LogP contribution in [0.3, 0.4) is 0 Å². The Labute approximate surface area is 107 Å². The fourth-order valence-corrected chi connectivity index (χ4v) is 2.31. The number of hydrogen-bond donors (Lipinski definition) is 1. The predicted octanol–water partition coefficient (Wildman–Crippen LogP) is 4.44. The molecule has 0 spiro atoms. The fraction of sp³-hybridized carbons (Fsp3) is 0. The molecule has 0 saturated carbocycles. The Morgan fingerprint density at radius 3 is 2.71 bits per heavy atom. The molecule has 1 aromatic heterocycles. The maximum absolute atomic E-state index is 6.01. The van der Waals surface area contributed by atoms with Crippen LogP contribution in [0, 0.1) is 0 Å². The van der Waals surface area contributed by atoms with Crippen molar-refractivity contribution in [2.24, 2.45) is 0 Å². The normalized spacial score (nSPS) is 10.9. The summed E-state index contributed by atoms with van der Waals surface area (Å²) >= 11 is 3.46. The predicted molar refractivity (Wildman–Crippen MR) is 73.8 cm³/mol. The van der Waals surface area contributed by atoms with Crippen molar-refractivity contribution < 1.29 is 4.42 Å². The number of benzene rings is 2. The first-order chi connectivity index (χ1) is 8.25. The molecule has 0 amide bonds. The standard InChI is InChI=1S/C14H10BrNO/c15-9-5-6-13(16)11(7-9)12-8-17-14-4-2-1-3-10(12)14/h1-8H,16H2. The maximum atomic E-state index is 6.01. The number of nitrogen functional groups attached to an aromatic ring is 1. The molecule has 0 aliphatic rings. The molecule has 0 aliphatic heterocycles. The molecule has 3 rings (SSSR count). The number of anilines is 1. The largest absolute Gasteiger partial charge is 0.464 e. The fourth-order valence-electron chi connectivity index (χ4n) is 1.95. The molecule has 0 atom stereocenters. The van der Waals surface area contributed by atoms with Crippen molar-refractivity contribution in [3.8, 4) is 11.1 Å². The molecule has 0 saturated heterocycles. The van der Waals surface area contributed by atoms with Crippen LogP contribution in [0.25, 0.3) is 22.1 Å². The van der Waals surface area contributed by atoms with E-state index in [0.29, 0.717) is 0 Å². The minimum absolute atomic E-state index is 0.750. The van der Waals surface area contributed by atoms with Gasteiger partial charge in [0.05, 0.1) is 6.26 Å². The SMILES string of the molecule is Nc1ccc(Br)cc1-c1coc2ccccc12. The number of fused-ring (bicyclic) bond motifs is 1. The van der Waals surface area contributed by atoms with E-state index in [1.165, 1.54) is 0 Å². The second kappa shape index (κ2) is 3.93. The third-order valence-corrected chi connectivity index (χ3v) is 3.28. The van der Waals surface area contributed by atoms with Gasteiger partial charge in [-0.2, -0.15) is 0 Å². The van der Waals surface area contributed by atoms with Gasteiger partial charge in [0.2, 0.25) is 0 Å². The molecule has 0 unspecified atom stereocenters. The molecular formula is C14H10BrNO. The number of halogens is 1. The van der Waals surface area contributed by atoms with Crippen LogP contribution in [-0.2, 0) is 0 Å². The van der Waals surface area contributed by atoms with Crippen molar-refractivity contribution in [2.45, 2.75) is 0 Å². The van der Waals surface area contributed by atoms with E-state index in [1.54, 1.807) is 6.26 Å². The van der Waals surface area contributed by atoms with E-state index in [2.05, 4.69) is 15.9 Å². The van der Waals surface area contributed by atoms with Gasteiger partial charge in [-0.3, -0.25) is 0 Å². The number of para-hydroxylation sites is 1. The first-order valence-corrected chi connectivity index (χ1v) is 6.06. The van der Waals surface area contributed by atoms with Gasteiger partial charge in [-0.05, 0) is 24.3 Å². The highest BCUT2D eigenvalue weighted by atomic mass is 79.9. The van der Waals surface area contributed by atoms with Gasteiger partial charge < -0.3 is 10.2 Å². The maximum Gasteiger partial charge on any atom is 0.134 e. The Bertz CT molecular complexity index is 688. The summed E-state index contributed by atoms with van der Waals surface area (Å²) < 4.78 is 6.53. The summed E-state index contributed by atoms with van der Waals surface area (Å²) in [5.41, 5.74) is 9.65. The van der Waals surface area contributed by atoms with E-state index in [9.17, 15) is 0 Å². The zero-order valence-corrected chi connectivity index (χ0v) is 10.6. The Kier molecular flexibility index (Phi) is 2.41. The van der Waals surface area contributed by atoms with Gasteiger partial charge in [0.15, 0.2) is 0 Å². The van der Waals surface area contributed by atoms with E-state index >= 15 is 0 Å². The number of rotatable bonds is 1. The molecule has 2 aromatic carbocycles. The molecule has 0 radical (unpaired) electrons. The lowest BCUT2D eigenvalue weighted by molar-refractivity contribution is 0.617. The second-order valence-corrected chi connectivity index (χ2v) is 4.79. The average Bonchev–Trinajstić information content (AvgIpc) is 2.76. The Morgan fingerprint density at radius 1 is 1.00 bits per heavy atom. The van der Waals surface area contributed by atoms with Crippen LogP contribution in [-0.4, -0.2) is 0 Å². The molecule has 17 heavy (non-hydrogen) atoms. The number of hydrogen-bond acceptors (Lipinski definition) is 2. The second-order valence-electron chi connectivity index (χ2n) is 3.88. The topological polar surface area (TPSA) is 39.2 Å². The highest BCUT2D eigenvalue weighted by molar-refractivity contribution is 9.10. The molecule has 84 valence electrons. The summed E-state index contributed by atoms with van der Waals surface area (Å²) in [7, 11) is 0. The van der Waals surface area contributed by atoms with Gasteiger partial charge in [0, 0.05) is 26.7 Å². The Morgan fingerprint density at radius 2 is 1.82 bits per heavy atom. The molecule has 2 N–H and O–H groups in total. The molecule has 3 aromatic rings. The monoisotopic (exact) mass is 287 g/mol. The molecule has 1 heterocycles. The van der Waals surface area contributed by atoms with Gasteiger partial charge in [-0.25, -0.2) is 0 Å². The van der Waals surface area contributed by atoms with Gasteiger partial charge in [0.25, 0.3) is 0 Å². The van der Waals surface area contributed by atoms with Crippen molar-refractivity contribution in [3.63, 3.8) is 0 Å². The van der Waals surface area contributed by atoms with Crippen LogP contribution in [0.5, 0.6) is 0 Å². The van der Waals surface area contributed by atoms with Crippen LogP contribution >= 0.6 is 15.9 Å². The molecular weight excluding hydrogens is 278 g/mol. The highest BCUT2D eigenvalue weighted by Crippen LogP contribution is 2.35. The lowest BCUT2D eigenvalue weighted by Crippen LogP contribution is -1.88. The van der Waals surface area contributed by atoms with Crippen LogP contribution < -0.4 is 5.73 Å². The summed E-state index contributed by atoms with van der Waals surface area (Å²) in [5, 5.41) is 1.08. The summed E-state index contributed by atoms with van der Waals surface area (Å²) in [6.07, 6.45) is 1.75. The minimum atomic E-state index is 0.750.